The molecular formula is C18H27Cl2NO4S. The fourth-order valence-electron chi connectivity index (χ4n) is 2.69. The Morgan fingerprint density at radius 3 is 2.12 bits per heavy atom. The Morgan fingerprint density at radius 2 is 1.58 bits per heavy atom. The Morgan fingerprint density at radius 1 is 1.04 bits per heavy atom. The number of hydrogen-bond donors (Lipinski definition) is 1. The summed E-state index contributed by atoms with van der Waals surface area (Å²) in [4.78, 5) is 11.0. The van der Waals surface area contributed by atoms with E-state index in [0.717, 1.165) is 19.3 Å². The zero-order valence-corrected chi connectivity index (χ0v) is 17.6. The van der Waals surface area contributed by atoms with Crippen molar-refractivity contribution in [2.45, 2.75) is 63.2 Å². The molecule has 0 atom stereocenters. The van der Waals surface area contributed by atoms with E-state index < -0.39 is 21.6 Å². The van der Waals surface area contributed by atoms with Gasteiger partial charge in [0.15, 0.2) is 0 Å². The van der Waals surface area contributed by atoms with E-state index in [2.05, 4.69) is 6.92 Å². The second kappa shape index (κ2) is 11.1. The van der Waals surface area contributed by atoms with E-state index in [0.29, 0.717) is 6.54 Å². The number of halogens is 2. The highest BCUT2D eigenvalue weighted by Gasteiger charge is 2.27. The molecule has 0 fully saturated rings. The number of carboxylic acid groups (broad SMARTS) is 1. The van der Waals surface area contributed by atoms with Crippen molar-refractivity contribution in [3.05, 3.63) is 27.7 Å². The van der Waals surface area contributed by atoms with Gasteiger partial charge in [0.1, 0.15) is 4.90 Å². The van der Waals surface area contributed by atoms with Gasteiger partial charge in [-0.25, -0.2) is 17.5 Å². The molecule has 0 spiro atoms. The average molecular weight is 424 g/mol. The van der Waals surface area contributed by atoms with Crippen molar-refractivity contribution in [3.8, 4) is 0 Å². The molecule has 1 rings (SSSR count). The van der Waals surface area contributed by atoms with E-state index in [1.807, 2.05) is 0 Å². The molecule has 0 aliphatic carbocycles. The minimum absolute atomic E-state index is 0.0906. The molecule has 1 aromatic carbocycles. The summed E-state index contributed by atoms with van der Waals surface area (Å²) in [7, 11) is -2.39. The fraction of sp³-hybridized carbons (Fsp3) is 0.611. The molecule has 0 heterocycles. The van der Waals surface area contributed by atoms with Crippen LogP contribution in [0.15, 0.2) is 17.0 Å². The van der Waals surface area contributed by atoms with Crippen LogP contribution in [0.3, 0.4) is 0 Å². The van der Waals surface area contributed by atoms with Gasteiger partial charge in [-0.15, -0.1) is 0 Å². The van der Waals surface area contributed by atoms with Gasteiger partial charge in [-0.2, -0.15) is 0 Å². The molecular weight excluding hydrogens is 397 g/mol. The van der Waals surface area contributed by atoms with Gasteiger partial charge < -0.3 is 5.11 Å². The summed E-state index contributed by atoms with van der Waals surface area (Å²) in [6.07, 6.45) is 8.93. The van der Waals surface area contributed by atoms with Gasteiger partial charge in [-0.05, 0) is 18.6 Å². The van der Waals surface area contributed by atoms with Crippen molar-refractivity contribution in [2.75, 3.05) is 13.6 Å². The number of unbranched alkanes of at least 4 members (excludes halogenated alkanes) is 7. The van der Waals surface area contributed by atoms with Crippen molar-refractivity contribution in [1.82, 2.24) is 4.31 Å². The summed E-state index contributed by atoms with van der Waals surface area (Å²) in [5.41, 5.74) is -0.394. The molecule has 0 saturated heterocycles. The molecule has 26 heavy (non-hydrogen) atoms. The molecule has 0 aliphatic heterocycles. The van der Waals surface area contributed by atoms with E-state index in [1.54, 1.807) is 0 Å². The number of carbonyl (C=O) groups is 1. The maximum absolute atomic E-state index is 12.7. The number of aromatic carboxylic acids is 1. The lowest BCUT2D eigenvalue weighted by Crippen LogP contribution is -2.28. The van der Waals surface area contributed by atoms with Gasteiger partial charge in [0.05, 0.1) is 15.6 Å². The zero-order chi connectivity index (χ0) is 19.7. The molecule has 1 N–H and O–H groups in total. The molecule has 8 heteroatoms. The molecule has 0 saturated carbocycles. The van der Waals surface area contributed by atoms with Crippen LogP contribution in [0.4, 0.5) is 0 Å². The van der Waals surface area contributed by atoms with Crippen LogP contribution in [0, 0.1) is 0 Å². The average Bonchev–Trinajstić information content (AvgIpc) is 2.56. The van der Waals surface area contributed by atoms with Crippen molar-refractivity contribution < 1.29 is 18.3 Å². The summed E-state index contributed by atoms with van der Waals surface area (Å²) >= 11 is 11.8. The standard InChI is InChI=1S/C18H27Cl2NO4S/c1-3-4-5-6-7-8-9-10-13-21(2)26(24,25)15-12-11-14(19)16(17(15)20)18(22)23/h11-12H,3-10,13H2,1-2H3,(H,22,23). The molecule has 0 bridgehead atoms. The maximum atomic E-state index is 12.7. The van der Waals surface area contributed by atoms with Gasteiger partial charge >= 0.3 is 5.97 Å². The predicted molar refractivity (Wildman–Crippen MR) is 106 cm³/mol. The van der Waals surface area contributed by atoms with Crippen molar-refractivity contribution in [3.63, 3.8) is 0 Å². The maximum Gasteiger partial charge on any atom is 0.338 e. The smallest absolute Gasteiger partial charge is 0.338 e. The number of hydrogen-bond acceptors (Lipinski definition) is 3. The third-order valence-corrected chi connectivity index (χ3v) is 7.00. The van der Waals surface area contributed by atoms with Gasteiger partial charge in [0.25, 0.3) is 0 Å². The SMILES string of the molecule is CCCCCCCCCCN(C)S(=O)(=O)c1ccc(Cl)c(C(=O)O)c1Cl. The van der Waals surface area contributed by atoms with Crippen LogP contribution in [-0.2, 0) is 10.0 Å². The van der Waals surface area contributed by atoms with E-state index in [-0.39, 0.29) is 14.9 Å². The molecule has 0 unspecified atom stereocenters. The molecule has 1 aromatic rings. The van der Waals surface area contributed by atoms with E-state index >= 15 is 0 Å². The first kappa shape index (κ1) is 23.2. The lowest BCUT2D eigenvalue weighted by Gasteiger charge is -2.19. The van der Waals surface area contributed by atoms with E-state index in [9.17, 15) is 18.3 Å². The van der Waals surface area contributed by atoms with Crippen LogP contribution in [0.2, 0.25) is 10.0 Å². The van der Waals surface area contributed by atoms with Crippen LogP contribution in [0.5, 0.6) is 0 Å². The second-order valence-electron chi connectivity index (χ2n) is 6.34. The highest BCUT2D eigenvalue weighted by atomic mass is 35.5. The topological polar surface area (TPSA) is 74.7 Å². The molecule has 0 aromatic heterocycles. The van der Waals surface area contributed by atoms with Crippen molar-refractivity contribution in [1.29, 1.82) is 0 Å². The second-order valence-corrected chi connectivity index (χ2v) is 9.14. The first-order valence-electron chi connectivity index (χ1n) is 8.91. The highest BCUT2D eigenvalue weighted by Crippen LogP contribution is 2.32. The summed E-state index contributed by atoms with van der Waals surface area (Å²) in [5.74, 6) is -1.36. The number of benzene rings is 1. The van der Waals surface area contributed by atoms with Crippen molar-refractivity contribution in [2.24, 2.45) is 0 Å². The first-order chi connectivity index (χ1) is 12.2. The number of sulfonamides is 1. The summed E-state index contributed by atoms with van der Waals surface area (Å²) in [6, 6.07) is 2.49. The summed E-state index contributed by atoms with van der Waals surface area (Å²) in [5, 5.41) is 8.73. The van der Waals surface area contributed by atoms with E-state index in [4.69, 9.17) is 23.2 Å². The molecule has 5 nitrogen and oxygen atoms in total. The number of rotatable bonds is 12. The van der Waals surface area contributed by atoms with Gasteiger partial charge in [0, 0.05) is 13.6 Å². The highest BCUT2D eigenvalue weighted by molar-refractivity contribution is 7.89. The van der Waals surface area contributed by atoms with Gasteiger partial charge in [-0.3, -0.25) is 0 Å². The molecule has 148 valence electrons. The fourth-order valence-corrected chi connectivity index (χ4v) is 4.78. The summed E-state index contributed by atoms with van der Waals surface area (Å²) in [6.45, 7) is 2.54. The normalized spacial score (nSPS) is 11.9. The van der Waals surface area contributed by atoms with Crippen LogP contribution in [0.1, 0.15) is 68.6 Å². The molecule has 0 aliphatic rings. The van der Waals surface area contributed by atoms with Crippen LogP contribution in [-0.4, -0.2) is 37.4 Å². The Bertz CT molecular complexity index is 707. The van der Waals surface area contributed by atoms with Gasteiger partial charge in [0.2, 0.25) is 10.0 Å². The minimum atomic E-state index is -3.87. The predicted octanol–water partition coefficient (Wildman–Crippen LogP) is 5.45. The molecule has 0 radical (unpaired) electrons. The largest absolute Gasteiger partial charge is 0.478 e. The Hall–Kier alpha value is -0.820. The Kier molecular flexibility index (Phi) is 9.93. The monoisotopic (exact) mass is 423 g/mol. The Balaban J connectivity index is 2.65. The quantitative estimate of drug-likeness (QED) is 0.453. The minimum Gasteiger partial charge on any atom is -0.478 e. The van der Waals surface area contributed by atoms with E-state index in [1.165, 1.54) is 55.6 Å². The third-order valence-electron chi connectivity index (χ3n) is 4.28. The van der Waals surface area contributed by atoms with Crippen LogP contribution in [0.25, 0.3) is 0 Å². The lowest BCUT2D eigenvalue weighted by molar-refractivity contribution is 0.0697. The zero-order valence-electron chi connectivity index (χ0n) is 15.3. The Labute approximate surface area is 166 Å². The molecule has 0 amide bonds. The number of nitrogens with zero attached hydrogens (tertiary/aromatic N) is 1. The van der Waals surface area contributed by atoms with Gasteiger partial charge in [-0.1, -0.05) is 75.1 Å². The lowest BCUT2D eigenvalue weighted by atomic mass is 10.1. The number of carboxylic acids is 1. The summed E-state index contributed by atoms with van der Waals surface area (Å²) < 4.78 is 26.6. The van der Waals surface area contributed by atoms with Crippen LogP contribution >= 0.6 is 23.2 Å². The van der Waals surface area contributed by atoms with Crippen molar-refractivity contribution >= 4 is 39.2 Å². The third kappa shape index (κ3) is 6.41. The van der Waals surface area contributed by atoms with Crippen LogP contribution < -0.4 is 0 Å². The first-order valence-corrected chi connectivity index (χ1v) is 11.1.